The highest BCUT2D eigenvalue weighted by molar-refractivity contribution is 5.89. The van der Waals surface area contributed by atoms with Gasteiger partial charge in [-0.3, -0.25) is 5.10 Å². The van der Waals surface area contributed by atoms with Crippen molar-refractivity contribution in [3.8, 4) is 28.3 Å². The van der Waals surface area contributed by atoms with Gasteiger partial charge >= 0.3 is 0 Å². The van der Waals surface area contributed by atoms with Gasteiger partial charge in [-0.2, -0.15) is 5.10 Å². The topological polar surface area (TPSA) is 76.8 Å². The second-order valence-electron chi connectivity index (χ2n) is 4.79. The first-order chi connectivity index (χ1) is 10.2. The van der Waals surface area contributed by atoms with Crippen LogP contribution in [0, 0.1) is 6.92 Å². The number of rotatable bonds is 3. The van der Waals surface area contributed by atoms with E-state index in [0.717, 1.165) is 27.9 Å². The fraction of sp³-hybridized carbons (Fsp3) is 0.125. The molecule has 3 aromatic rings. The van der Waals surface area contributed by atoms with E-state index in [4.69, 9.17) is 10.5 Å². The Hall–Kier alpha value is -2.82. The van der Waals surface area contributed by atoms with Gasteiger partial charge in [-0.15, -0.1) is 0 Å². The number of methoxy groups -OCH3 is 1. The van der Waals surface area contributed by atoms with Crippen LogP contribution in [-0.2, 0) is 0 Å². The van der Waals surface area contributed by atoms with Crippen LogP contribution in [-0.4, -0.2) is 22.3 Å². The number of anilines is 1. The molecule has 0 fully saturated rings. The normalized spacial score (nSPS) is 10.6. The molecule has 0 aliphatic carbocycles. The number of pyridine rings is 1. The summed E-state index contributed by atoms with van der Waals surface area (Å²) in [5, 5.41) is 7.13. The minimum absolute atomic E-state index is 0.460. The molecule has 0 aliphatic heterocycles. The summed E-state index contributed by atoms with van der Waals surface area (Å²) in [7, 11) is 1.60. The zero-order chi connectivity index (χ0) is 14.8. The number of aryl methyl sites for hydroxylation is 1. The van der Waals surface area contributed by atoms with Crippen LogP contribution in [0.5, 0.6) is 5.88 Å². The van der Waals surface area contributed by atoms with E-state index in [9.17, 15) is 0 Å². The van der Waals surface area contributed by atoms with E-state index in [1.807, 2.05) is 37.3 Å². The third-order valence-corrected chi connectivity index (χ3v) is 3.33. The Bertz CT molecular complexity index is 779. The maximum Gasteiger partial charge on any atom is 0.222 e. The predicted molar refractivity (Wildman–Crippen MR) is 83.0 cm³/mol. The van der Waals surface area contributed by atoms with E-state index in [-0.39, 0.29) is 0 Å². The summed E-state index contributed by atoms with van der Waals surface area (Å²) >= 11 is 0. The first-order valence-corrected chi connectivity index (χ1v) is 6.61. The SMILES string of the molecule is COc1ncccc1-c1[nH]nc(N)c1-c1cccc(C)c1. The van der Waals surface area contributed by atoms with Crippen LogP contribution < -0.4 is 10.5 Å². The fourth-order valence-electron chi connectivity index (χ4n) is 2.39. The van der Waals surface area contributed by atoms with Crippen molar-refractivity contribution in [2.24, 2.45) is 0 Å². The van der Waals surface area contributed by atoms with Gasteiger partial charge in [-0.05, 0) is 24.6 Å². The summed E-state index contributed by atoms with van der Waals surface area (Å²) in [6.07, 6.45) is 1.69. The lowest BCUT2D eigenvalue weighted by Crippen LogP contribution is -1.93. The molecule has 5 nitrogen and oxygen atoms in total. The van der Waals surface area contributed by atoms with Gasteiger partial charge in [0.1, 0.15) is 0 Å². The van der Waals surface area contributed by atoms with E-state index < -0.39 is 0 Å². The number of nitrogens with zero attached hydrogens (tertiary/aromatic N) is 2. The Morgan fingerprint density at radius 1 is 1.19 bits per heavy atom. The van der Waals surface area contributed by atoms with Crippen molar-refractivity contribution in [1.29, 1.82) is 0 Å². The van der Waals surface area contributed by atoms with Crippen molar-refractivity contribution in [2.75, 3.05) is 12.8 Å². The standard InChI is InChI=1S/C16H16N4O/c1-10-5-3-6-11(9-10)13-14(19-20-15(13)17)12-7-4-8-18-16(12)21-2/h3-9H,1-2H3,(H3,17,19,20). The second kappa shape index (κ2) is 5.28. The monoisotopic (exact) mass is 280 g/mol. The largest absolute Gasteiger partial charge is 0.481 e. The molecular weight excluding hydrogens is 264 g/mol. The predicted octanol–water partition coefficient (Wildman–Crippen LogP) is 3.04. The Morgan fingerprint density at radius 3 is 2.81 bits per heavy atom. The number of nitrogen functional groups attached to an aromatic ring is 1. The van der Waals surface area contributed by atoms with Gasteiger partial charge in [0.2, 0.25) is 5.88 Å². The Morgan fingerprint density at radius 2 is 2.05 bits per heavy atom. The number of benzene rings is 1. The van der Waals surface area contributed by atoms with Crippen LogP contribution in [0.1, 0.15) is 5.56 Å². The molecule has 0 spiro atoms. The summed E-state index contributed by atoms with van der Waals surface area (Å²) in [5.74, 6) is 0.997. The lowest BCUT2D eigenvalue weighted by atomic mass is 10.00. The Balaban J connectivity index is 2.22. The number of H-pyrrole nitrogens is 1. The first-order valence-electron chi connectivity index (χ1n) is 6.61. The molecule has 106 valence electrons. The number of ether oxygens (including phenoxy) is 1. The zero-order valence-corrected chi connectivity index (χ0v) is 11.9. The van der Waals surface area contributed by atoms with Crippen LogP contribution in [0.15, 0.2) is 42.6 Å². The first kappa shape index (κ1) is 13.2. The smallest absolute Gasteiger partial charge is 0.222 e. The third kappa shape index (κ3) is 2.33. The van der Waals surface area contributed by atoms with Gasteiger partial charge in [-0.25, -0.2) is 4.98 Å². The lowest BCUT2D eigenvalue weighted by Gasteiger charge is -2.08. The van der Waals surface area contributed by atoms with Crippen molar-refractivity contribution in [3.63, 3.8) is 0 Å². The van der Waals surface area contributed by atoms with Crippen LogP contribution >= 0.6 is 0 Å². The number of aromatic nitrogens is 3. The molecule has 3 rings (SSSR count). The van der Waals surface area contributed by atoms with E-state index in [2.05, 4.69) is 21.2 Å². The number of nitrogens with one attached hydrogen (secondary N) is 1. The highest BCUT2D eigenvalue weighted by Crippen LogP contribution is 2.37. The minimum Gasteiger partial charge on any atom is -0.481 e. The van der Waals surface area contributed by atoms with E-state index in [0.29, 0.717) is 11.7 Å². The molecular formula is C16H16N4O. The lowest BCUT2D eigenvalue weighted by molar-refractivity contribution is 0.399. The van der Waals surface area contributed by atoms with Gasteiger partial charge in [0.05, 0.1) is 23.9 Å². The summed E-state index contributed by atoms with van der Waals surface area (Å²) < 4.78 is 5.32. The number of nitrogens with two attached hydrogens (primary N) is 1. The summed E-state index contributed by atoms with van der Waals surface area (Å²) in [5.41, 5.74) is 10.7. The minimum atomic E-state index is 0.460. The van der Waals surface area contributed by atoms with E-state index >= 15 is 0 Å². The third-order valence-electron chi connectivity index (χ3n) is 3.33. The molecule has 0 bridgehead atoms. The molecule has 0 amide bonds. The van der Waals surface area contributed by atoms with E-state index in [1.165, 1.54) is 0 Å². The van der Waals surface area contributed by atoms with Crippen molar-refractivity contribution in [1.82, 2.24) is 15.2 Å². The van der Waals surface area contributed by atoms with E-state index in [1.54, 1.807) is 13.3 Å². The molecule has 0 unspecified atom stereocenters. The summed E-state index contributed by atoms with van der Waals surface area (Å²) in [4.78, 5) is 4.22. The molecule has 0 saturated heterocycles. The van der Waals surface area contributed by atoms with Crippen LogP contribution in [0.25, 0.3) is 22.4 Å². The van der Waals surface area contributed by atoms with Crippen molar-refractivity contribution in [3.05, 3.63) is 48.2 Å². The van der Waals surface area contributed by atoms with Gasteiger partial charge in [0, 0.05) is 6.20 Å². The summed E-state index contributed by atoms with van der Waals surface area (Å²) in [6.45, 7) is 2.05. The zero-order valence-electron chi connectivity index (χ0n) is 11.9. The van der Waals surface area contributed by atoms with Crippen LogP contribution in [0.3, 0.4) is 0 Å². The maximum atomic E-state index is 6.05. The van der Waals surface area contributed by atoms with Crippen LogP contribution in [0.4, 0.5) is 5.82 Å². The molecule has 1 aromatic carbocycles. The second-order valence-corrected chi connectivity index (χ2v) is 4.79. The average Bonchev–Trinajstić information content (AvgIpc) is 2.88. The average molecular weight is 280 g/mol. The highest BCUT2D eigenvalue weighted by Gasteiger charge is 2.18. The molecule has 3 N–H and O–H groups in total. The quantitative estimate of drug-likeness (QED) is 0.773. The molecule has 21 heavy (non-hydrogen) atoms. The molecule has 2 aromatic heterocycles. The van der Waals surface area contributed by atoms with Gasteiger partial charge < -0.3 is 10.5 Å². The molecule has 2 heterocycles. The van der Waals surface area contributed by atoms with Crippen LogP contribution in [0.2, 0.25) is 0 Å². The molecule has 0 atom stereocenters. The number of hydrogen-bond acceptors (Lipinski definition) is 4. The van der Waals surface area contributed by atoms with Crippen molar-refractivity contribution in [2.45, 2.75) is 6.92 Å². The molecule has 0 radical (unpaired) electrons. The molecule has 0 aliphatic rings. The molecule has 5 heteroatoms. The summed E-state index contributed by atoms with van der Waals surface area (Å²) in [6, 6.07) is 11.9. The van der Waals surface area contributed by atoms with Gasteiger partial charge in [0.15, 0.2) is 5.82 Å². The van der Waals surface area contributed by atoms with Crippen molar-refractivity contribution < 1.29 is 4.74 Å². The Labute approximate surface area is 122 Å². The maximum absolute atomic E-state index is 6.05. The van der Waals surface area contributed by atoms with Gasteiger partial charge in [-0.1, -0.05) is 29.8 Å². The van der Waals surface area contributed by atoms with Gasteiger partial charge in [0.25, 0.3) is 0 Å². The molecule has 0 saturated carbocycles. The van der Waals surface area contributed by atoms with Crippen molar-refractivity contribution >= 4 is 5.82 Å². The highest BCUT2D eigenvalue weighted by atomic mass is 16.5. The fourth-order valence-corrected chi connectivity index (χ4v) is 2.39. The number of aromatic amines is 1. The number of hydrogen-bond donors (Lipinski definition) is 2. The Kier molecular flexibility index (Phi) is 3.31.